The van der Waals surface area contributed by atoms with E-state index < -0.39 is 9.84 Å². The van der Waals surface area contributed by atoms with Gasteiger partial charge in [0.05, 0.1) is 10.6 Å². The van der Waals surface area contributed by atoms with Crippen molar-refractivity contribution in [3.63, 3.8) is 0 Å². The zero-order valence-corrected chi connectivity index (χ0v) is 19.5. The van der Waals surface area contributed by atoms with E-state index in [0.29, 0.717) is 30.4 Å². The number of nitrogens with zero attached hydrogens (tertiary/aromatic N) is 4. The van der Waals surface area contributed by atoms with Crippen LogP contribution in [0.5, 0.6) is 0 Å². The maximum absolute atomic E-state index is 12.3. The molecule has 0 amide bonds. The molecule has 1 aromatic heterocycles. The molecular weight excluding hydrogens is 491 g/mol. The normalized spacial score (nSPS) is 11.7. The van der Waals surface area contributed by atoms with Gasteiger partial charge in [0, 0.05) is 32.6 Å². The standard InChI is InChI=1S/C18H28N6O2S.HI/c1-3-17-23-22-15-24(17)13-12-21-18(19-4-2)20-11-8-14-27(25,26)16-9-6-5-7-10-16;/h5-7,9-10,15H,3-4,8,11-14H2,1-2H3,(H2,19,20,21);1H. The highest BCUT2D eigenvalue weighted by Crippen LogP contribution is 2.10. The Kier molecular flexibility index (Phi) is 11.0. The van der Waals surface area contributed by atoms with E-state index in [0.717, 1.165) is 25.3 Å². The lowest BCUT2D eigenvalue weighted by molar-refractivity contribution is 0.593. The first-order chi connectivity index (χ1) is 13.1. The van der Waals surface area contributed by atoms with E-state index in [1.807, 2.05) is 18.4 Å². The summed E-state index contributed by atoms with van der Waals surface area (Å²) in [5.41, 5.74) is 0. The summed E-state index contributed by atoms with van der Waals surface area (Å²) in [6, 6.07) is 8.52. The van der Waals surface area contributed by atoms with Crippen LogP contribution >= 0.6 is 24.0 Å². The van der Waals surface area contributed by atoms with Crippen molar-refractivity contribution in [1.82, 2.24) is 25.4 Å². The fourth-order valence-corrected chi connectivity index (χ4v) is 3.88. The molecule has 0 saturated carbocycles. The van der Waals surface area contributed by atoms with E-state index in [9.17, 15) is 8.42 Å². The molecule has 2 aromatic rings. The maximum atomic E-state index is 12.3. The monoisotopic (exact) mass is 520 g/mol. The largest absolute Gasteiger partial charge is 0.357 e. The Labute approximate surface area is 184 Å². The molecule has 0 fully saturated rings. The van der Waals surface area contributed by atoms with Gasteiger partial charge in [-0.15, -0.1) is 34.2 Å². The van der Waals surface area contributed by atoms with E-state index in [-0.39, 0.29) is 29.7 Å². The molecule has 2 rings (SSSR count). The molecule has 0 spiro atoms. The van der Waals surface area contributed by atoms with E-state index in [2.05, 4.69) is 25.8 Å². The first-order valence-corrected chi connectivity index (χ1v) is 10.9. The van der Waals surface area contributed by atoms with E-state index in [1.54, 1.807) is 36.7 Å². The smallest absolute Gasteiger partial charge is 0.191 e. The molecule has 0 radical (unpaired) electrons. The predicted octanol–water partition coefficient (Wildman–Crippen LogP) is 1.88. The van der Waals surface area contributed by atoms with Gasteiger partial charge in [-0.1, -0.05) is 25.1 Å². The molecule has 1 heterocycles. The van der Waals surface area contributed by atoms with Crippen LogP contribution in [0.15, 0.2) is 46.5 Å². The number of guanidine groups is 1. The number of hydrogen-bond acceptors (Lipinski definition) is 5. The Morgan fingerprint density at radius 3 is 2.61 bits per heavy atom. The number of aliphatic imine (C=N–C) groups is 1. The fraction of sp³-hybridized carbons (Fsp3) is 0.500. The minimum Gasteiger partial charge on any atom is -0.357 e. The van der Waals surface area contributed by atoms with Crippen molar-refractivity contribution in [2.45, 2.75) is 38.1 Å². The lowest BCUT2D eigenvalue weighted by Gasteiger charge is -2.12. The Morgan fingerprint density at radius 1 is 1.18 bits per heavy atom. The molecule has 0 aliphatic rings. The van der Waals surface area contributed by atoms with Gasteiger partial charge in [0.25, 0.3) is 0 Å². The minimum atomic E-state index is -3.25. The van der Waals surface area contributed by atoms with Gasteiger partial charge in [0.2, 0.25) is 0 Å². The predicted molar refractivity (Wildman–Crippen MR) is 122 cm³/mol. The van der Waals surface area contributed by atoms with Gasteiger partial charge in [-0.05, 0) is 25.5 Å². The van der Waals surface area contributed by atoms with Crippen LogP contribution in [0.25, 0.3) is 0 Å². The quantitative estimate of drug-likeness (QED) is 0.215. The van der Waals surface area contributed by atoms with Crippen LogP contribution in [-0.2, 0) is 22.8 Å². The van der Waals surface area contributed by atoms with Gasteiger partial charge >= 0.3 is 0 Å². The second kappa shape index (κ2) is 12.7. The molecule has 8 nitrogen and oxygen atoms in total. The van der Waals surface area contributed by atoms with Gasteiger partial charge in [-0.2, -0.15) is 0 Å². The van der Waals surface area contributed by atoms with Crippen LogP contribution in [0.4, 0.5) is 0 Å². The highest BCUT2D eigenvalue weighted by atomic mass is 127. The van der Waals surface area contributed by atoms with Gasteiger partial charge < -0.3 is 15.2 Å². The van der Waals surface area contributed by atoms with Crippen molar-refractivity contribution in [2.24, 2.45) is 4.99 Å². The SMILES string of the molecule is CCNC(=NCCCS(=O)(=O)c1ccccc1)NCCn1cnnc1CC.I. The number of rotatable bonds is 10. The van der Waals surface area contributed by atoms with E-state index in [1.165, 1.54) is 0 Å². The fourth-order valence-electron chi connectivity index (χ4n) is 2.57. The topological polar surface area (TPSA) is 101 Å². The second-order valence-corrected chi connectivity index (χ2v) is 8.08. The molecule has 10 heteroatoms. The molecule has 28 heavy (non-hydrogen) atoms. The minimum absolute atomic E-state index is 0. The molecule has 0 unspecified atom stereocenters. The van der Waals surface area contributed by atoms with Crippen LogP contribution in [0, 0.1) is 0 Å². The Balaban J connectivity index is 0.00000392. The molecule has 0 atom stereocenters. The molecule has 0 saturated heterocycles. The molecule has 0 aliphatic heterocycles. The molecule has 0 bridgehead atoms. The third-order valence-corrected chi connectivity index (χ3v) is 5.76. The summed E-state index contributed by atoms with van der Waals surface area (Å²) in [5, 5.41) is 14.4. The average Bonchev–Trinajstić information content (AvgIpc) is 3.13. The Bertz CT molecular complexity index is 824. The Morgan fingerprint density at radius 2 is 1.93 bits per heavy atom. The average molecular weight is 520 g/mol. The summed E-state index contributed by atoms with van der Waals surface area (Å²) in [5.74, 6) is 1.71. The summed E-state index contributed by atoms with van der Waals surface area (Å²) in [6.45, 7) is 6.63. The van der Waals surface area contributed by atoms with Gasteiger partial charge in [-0.3, -0.25) is 4.99 Å². The number of nitrogens with one attached hydrogen (secondary N) is 2. The summed E-state index contributed by atoms with van der Waals surface area (Å²) in [4.78, 5) is 4.82. The molecule has 156 valence electrons. The van der Waals surface area contributed by atoms with Crippen molar-refractivity contribution in [2.75, 3.05) is 25.4 Å². The molecular formula is C18H29IN6O2S. The highest BCUT2D eigenvalue weighted by Gasteiger charge is 2.12. The van der Waals surface area contributed by atoms with Crippen molar-refractivity contribution in [1.29, 1.82) is 0 Å². The van der Waals surface area contributed by atoms with E-state index >= 15 is 0 Å². The Hall–Kier alpha value is -1.69. The number of aromatic nitrogens is 3. The maximum Gasteiger partial charge on any atom is 0.191 e. The summed E-state index contributed by atoms with van der Waals surface area (Å²) >= 11 is 0. The van der Waals surface area contributed by atoms with Crippen LogP contribution in [-0.4, -0.2) is 54.5 Å². The number of benzene rings is 1. The lowest BCUT2D eigenvalue weighted by atomic mass is 10.4. The van der Waals surface area contributed by atoms with Crippen molar-refractivity contribution >= 4 is 39.8 Å². The zero-order chi connectivity index (χ0) is 19.5. The van der Waals surface area contributed by atoms with Crippen molar-refractivity contribution in [3.8, 4) is 0 Å². The van der Waals surface area contributed by atoms with E-state index in [4.69, 9.17) is 0 Å². The van der Waals surface area contributed by atoms with Crippen LogP contribution in [0.2, 0.25) is 0 Å². The third-order valence-electron chi connectivity index (χ3n) is 3.94. The summed E-state index contributed by atoms with van der Waals surface area (Å²) in [7, 11) is -3.25. The lowest BCUT2D eigenvalue weighted by Crippen LogP contribution is -2.39. The van der Waals surface area contributed by atoms with Crippen LogP contribution in [0.1, 0.15) is 26.1 Å². The number of hydrogen-bond donors (Lipinski definition) is 2. The molecule has 2 N–H and O–H groups in total. The zero-order valence-electron chi connectivity index (χ0n) is 16.3. The number of aryl methyl sites for hydroxylation is 1. The molecule has 0 aliphatic carbocycles. The van der Waals surface area contributed by atoms with Crippen LogP contribution in [0.3, 0.4) is 0 Å². The third kappa shape index (κ3) is 7.74. The van der Waals surface area contributed by atoms with Crippen molar-refractivity contribution in [3.05, 3.63) is 42.5 Å². The second-order valence-electron chi connectivity index (χ2n) is 5.97. The van der Waals surface area contributed by atoms with Crippen molar-refractivity contribution < 1.29 is 8.42 Å². The first-order valence-electron chi connectivity index (χ1n) is 9.23. The van der Waals surface area contributed by atoms with Gasteiger partial charge in [-0.25, -0.2) is 8.42 Å². The first kappa shape index (κ1) is 24.3. The van der Waals surface area contributed by atoms with Gasteiger partial charge in [0.15, 0.2) is 15.8 Å². The summed E-state index contributed by atoms with van der Waals surface area (Å²) < 4.78 is 26.5. The van der Waals surface area contributed by atoms with Gasteiger partial charge in [0.1, 0.15) is 12.2 Å². The number of halogens is 1. The van der Waals surface area contributed by atoms with Crippen LogP contribution < -0.4 is 10.6 Å². The summed E-state index contributed by atoms with van der Waals surface area (Å²) in [6.07, 6.45) is 3.03. The number of sulfone groups is 1. The molecule has 1 aromatic carbocycles. The highest BCUT2D eigenvalue weighted by molar-refractivity contribution is 14.0.